The Balaban J connectivity index is 1.82. The summed E-state index contributed by atoms with van der Waals surface area (Å²) in [6.07, 6.45) is 2.48. The summed E-state index contributed by atoms with van der Waals surface area (Å²) in [6, 6.07) is 7.48. The summed E-state index contributed by atoms with van der Waals surface area (Å²) in [5.41, 5.74) is 0. The first kappa shape index (κ1) is 17.9. The van der Waals surface area contributed by atoms with Crippen molar-refractivity contribution < 1.29 is 9.47 Å². The number of halogens is 1. The first-order chi connectivity index (χ1) is 11.2. The minimum Gasteiger partial charge on any atom is -0.487 e. The van der Waals surface area contributed by atoms with E-state index in [1.165, 1.54) is 0 Å². The van der Waals surface area contributed by atoms with Crippen molar-refractivity contribution in [1.82, 2.24) is 10.6 Å². The smallest absolute Gasteiger partial charge is 0.191 e. The number of nitrogens with zero attached hydrogens (tertiary/aromatic N) is 1. The van der Waals surface area contributed by atoms with Crippen molar-refractivity contribution in [3.05, 3.63) is 29.3 Å². The fourth-order valence-corrected chi connectivity index (χ4v) is 2.55. The maximum Gasteiger partial charge on any atom is 0.191 e. The second-order valence-electron chi connectivity index (χ2n) is 5.59. The summed E-state index contributed by atoms with van der Waals surface area (Å²) in [5, 5.41) is 7.18. The first-order valence-corrected chi connectivity index (χ1v) is 8.61. The minimum atomic E-state index is -0.0620. The van der Waals surface area contributed by atoms with E-state index in [2.05, 4.69) is 15.6 Å². The Morgan fingerprint density at radius 2 is 2.26 bits per heavy atom. The maximum atomic E-state index is 6.10. The highest BCUT2D eigenvalue weighted by Crippen LogP contribution is 2.24. The van der Waals surface area contributed by atoms with E-state index in [0.29, 0.717) is 17.3 Å². The molecule has 0 spiro atoms. The van der Waals surface area contributed by atoms with Crippen molar-refractivity contribution in [2.75, 3.05) is 26.2 Å². The molecule has 1 saturated heterocycles. The monoisotopic (exact) mass is 339 g/mol. The zero-order chi connectivity index (χ0) is 16.5. The minimum absolute atomic E-state index is 0.0620. The SMILES string of the molecule is CCNC(=NCC(C)Oc1ccccc1Cl)NCC1CCCO1. The van der Waals surface area contributed by atoms with Gasteiger partial charge in [-0.1, -0.05) is 23.7 Å². The Labute approximate surface area is 143 Å². The van der Waals surface area contributed by atoms with Crippen LogP contribution in [-0.2, 0) is 4.74 Å². The molecule has 5 nitrogen and oxygen atoms in total. The Bertz CT molecular complexity index is 504. The molecule has 2 rings (SSSR count). The molecule has 2 N–H and O–H groups in total. The van der Waals surface area contributed by atoms with E-state index in [1.54, 1.807) is 0 Å². The molecule has 0 aromatic heterocycles. The van der Waals surface area contributed by atoms with Gasteiger partial charge in [0.15, 0.2) is 5.96 Å². The molecule has 6 heteroatoms. The molecule has 1 heterocycles. The van der Waals surface area contributed by atoms with Crippen molar-refractivity contribution in [3.8, 4) is 5.75 Å². The Kier molecular flexibility index (Phi) is 7.49. The Morgan fingerprint density at radius 1 is 1.43 bits per heavy atom. The molecule has 1 aromatic rings. The number of ether oxygens (including phenoxy) is 2. The molecule has 1 aliphatic rings. The van der Waals surface area contributed by atoms with E-state index in [0.717, 1.165) is 38.5 Å². The molecule has 1 fully saturated rings. The molecule has 0 saturated carbocycles. The molecule has 0 bridgehead atoms. The van der Waals surface area contributed by atoms with Crippen molar-refractivity contribution in [2.45, 2.75) is 38.9 Å². The van der Waals surface area contributed by atoms with E-state index in [-0.39, 0.29) is 12.2 Å². The van der Waals surface area contributed by atoms with Crippen LogP contribution in [0, 0.1) is 0 Å². The number of hydrogen-bond donors (Lipinski definition) is 2. The van der Waals surface area contributed by atoms with Crippen LogP contribution in [-0.4, -0.2) is 44.4 Å². The molecule has 128 valence electrons. The lowest BCUT2D eigenvalue weighted by molar-refractivity contribution is 0.113. The Hall–Kier alpha value is -1.46. The number of benzene rings is 1. The molecule has 2 unspecified atom stereocenters. The van der Waals surface area contributed by atoms with Crippen molar-refractivity contribution in [3.63, 3.8) is 0 Å². The van der Waals surface area contributed by atoms with Gasteiger partial charge in [-0.2, -0.15) is 0 Å². The topological polar surface area (TPSA) is 54.9 Å². The standard InChI is InChI=1S/C17H26ClN3O2/c1-3-19-17(21-12-14-7-6-10-22-14)20-11-13(2)23-16-9-5-4-8-15(16)18/h4-5,8-9,13-14H,3,6-7,10-12H2,1-2H3,(H2,19,20,21). The van der Waals surface area contributed by atoms with Gasteiger partial charge < -0.3 is 20.1 Å². The number of hydrogen-bond acceptors (Lipinski definition) is 3. The summed E-state index contributed by atoms with van der Waals surface area (Å²) in [4.78, 5) is 4.57. The van der Waals surface area contributed by atoms with Crippen LogP contribution in [0.5, 0.6) is 5.75 Å². The number of aliphatic imine (C=N–C) groups is 1. The van der Waals surface area contributed by atoms with Gasteiger partial charge in [-0.05, 0) is 38.8 Å². The highest BCUT2D eigenvalue weighted by atomic mass is 35.5. The average molecular weight is 340 g/mol. The van der Waals surface area contributed by atoms with E-state index in [4.69, 9.17) is 21.1 Å². The first-order valence-electron chi connectivity index (χ1n) is 8.24. The molecule has 0 aliphatic carbocycles. The highest BCUT2D eigenvalue weighted by Gasteiger charge is 2.15. The number of rotatable bonds is 7. The normalized spacial score (nSPS) is 19.4. The van der Waals surface area contributed by atoms with Crippen molar-refractivity contribution in [2.24, 2.45) is 4.99 Å². The second kappa shape index (κ2) is 9.63. The largest absolute Gasteiger partial charge is 0.487 e. The van der Waals surface area contributed by atoms with E-state index < -0.39 is 0 Å². The summed E-state index contributed by atoms with van der Waals surface area (Å²) in [6.45, 7) is 7.04. The lowest BCUT2D eigenvalue weighted by Gasteiger charge is -2.17. The third-order valence-electron chi connectivity index (χ3n) is 3.54. The van der Waals surface area contributed by atoms with Gasteiger partial charge in [-0.25, -0.2) is 4.99 Å². The van der Waals surface area contributed by atoms with Crippen LogP contribution in [0.2, 0.25) is 5.02 Å². The van der Waals surface area contributed by atoms with Crippen molar-refractivity contribution in [1.29, 1.82) is 0 Å². The van der Waals surface area contributed by atoms with Crippen LogP contribution in [0.1, 0.15) is 26.7 Å². The van der Waals surface area contributed by atoms with E-state index in [9.17, 15) is 0 Å². The highest BCUT2D eigenvalue weighted by molar-refractivity contribution is 6.32. The number of guanidine groups is 1. The molecule has 23 heavy (non-hydrogen) atoms. The molecule has 0 amide bonds. The summed E-state index contributed by atoms with van der Waals surface area (Å²) in [7, 11) is 0. The molecular weight excluding hydrogens is 314 g/mol. The molecule has 0 radical (unpaired) electrons. The predicted octanol–water partition coefficient (Wildman–Crippen LogP) is 2.84. The van der Waals surface area contributed by atoms with Crippen LogP contribution in [0.4, 0.5) is 0 Å². The van der Waals surface area contributed by atoms with Gasteiger partial charge >= 0.3 is 0 Å². The third kappa shape index (κ3) is 6.28. The summed E-state index contributed by atoms with van der Waals surface area (Å²) >= 11 is 6.10. The van der Waals surface area contributed by atoms with Crippen LogP contribution in [0.3, 0.4) is 0 Å². The van der Waals surface area contributed by atoms with Gasteiger partial charge in [0.2, 0.25) is 0 Å². The van der Waals surface area contributed by atoms with Crippen molar-refractivity contribution >= 4 is 17.6 Å². The van der Waals surface area contributed by atoms with Gasteiger partial charge in [-0.3, -0.25) is 0 Å². The third-order valence-corrected chi connectivity index (χ3v) is 3.85. The fraction of sp³-hybridized carbons (Fsp3) is 0.588. The molecule has 2 atom stereocenters. The van der Waals surface area contributed by atoms with Gasteiger partial charge in [-0.15, -0.1) is 0 Å². The molecule has 1 aromatic carbocycles. The van der Waals surface area contributed by atoms with E-state index in [1.807, 2.05) is 38.1 Å². The quantitative estimate of drug-likeness (QED) is 0.592. The van der Waals surface area contributed by atoms with Gasteiger partial charge in [0.1, 0.15) is 11.9 Å². The van der Waals surface area contributed by atoms with E-state index >= 15 is 0 Å². The number of para-hydroxylation sites is 1. The van der Waals surface area contributed by atoms with Gasteiger partial charge in [0, 0.05) is 19.7 Å². The Morgan fingerprint density at radius 3 is 2.96 bits per heavy atom. The summed E-state index contributed by atoms with van der Waals surface area (Å²) in [5.74, 6) is 1.48. The van der Waals surface area contributed by atoms with Gasteiger partial charge in [0.25, 0.3) is 0 Å². The van der Waals surface area contributed by atoms with Crippen LogP contribution in [0.25, 0.3) is 0 Å². The zero-order valence-corrected chi connectivity index (χ0v) is 14.6. The lowest BCUT2D eigenvalue weighted by atomic mass is 10.2. The lowest BCUT2D eigenvalue weighted by Crippen LogP contribution is -2.41. The maximum absolute atomic E-state index is 6.10. The molecular formula is C17H26ClN3O2. The predicted molar refractivity (Wildman–Crippen MR) is 94.5 cm³/mol. The van der Waals surface area contributed by atoms with Crippen LogP contribution >= 0.6 is 11.6 Å². The summed E-state index contributed by atoms with van der Waals surface area (Å²) < 4.78 is 11.4. The fourth-order valence-electron chi connectivity index (χ4n) is 2.37. The van der Waals surface area contributed by atoms with Crippen LogP contribution in [0.15, 0.2) is 29.3 Å². The van der Waals surface area contributed by atoms with Crippen LogP contribution < -0.4 is 15.4 Å². The second-order valence-corrected chi connectivity index (χ2v) is 6.00. The number of nitrogens with one attached hydrogen (secondary N) is 2. The van der Waals surface area contributed by atoms with Gasteiger partial charge in [0.05, 0.1) is 17.7 Å². The molecule has 1 aliphatic heterocycles. The zero-order valence-electron chi connectivity index (χ0n) is 13.8. The average Bonchev–Trinajstić information content (AvgIpc) is 3.06.